The molecule has 0 aliphatic carbocycles. The van der Waals surface area contributed by atoms with Gasteiger partial charge in [-0.1, -0.05) is 6.08 Å². The molecule has 0 saturated carbocycles. The molecule has 0 radical (unpaired) electrons. The van der Waals surface area contributed by atoms with Crippen LogP contribution in [-0.2, 0) is 4.79 Å². The van der Waals surface area contributed by atoms with E-state index in [2.05, 4.69) is 16.7 Å². The van der Waals surface area contributed by atoms with E-state index < -0.39 is 5.91 Å². The van der Waals surface area contributed by atoms with Gasteiger partial charge in [-0.3, -0.25) is 4.79 Å². The number of nitrogens with one attached hydrogen (secondary N) is 1. The molecule has 0 saturated heterocycles. The first kappa shape index (κ1) is 7.59. The van der Waals surface area contributed by atoms with Crippen LogP contribution in [0.15, 0.2) is 12.7 Å². The Morgan fingerprint density at radius 2 is 2.56 bits per heavy atom. The average Bonchev–Trinajstić information content (AvgIpc) is 1.85. The largest absolute Gasteiger partial charge is 0.361 e. The second-order valence-corrected chi connectivity index (χ2v) is 1.28. The molecule has 0 spiro atoms. The molecule has 0 rings (SSSR count). The molecule has 0 aromatic rings. The predicted octanol–water partition coefficient (Wildman–Crippen LogP) is -0.411. The van der Waals surface area contributed by atoms with Crippen molar-refractivity contribution in [3.8, 4) is 0 Å². The minimum absolute atomic E-state index is 0.380. The Labute approximate surface area is 52.8 Å². The van der Waals surface area contributed by atoms with Gasteiger partial charge in [0.05, 0.1) is 0 Å². The number of hydrogen-bond acceptors (Lipinski definition) is 1. The lowest BCUT2D eigenvalue weighted by atomic mass is 10.6. The number of hydrogen-bond donors (Lipinski definition) is 1. The molecule has 4 heteroatoms. The standard InChI is InChI=1S/C5H7N3O/c1-2-3-7-5(9)4-8-6/h2,4H,1,3H2,(H,7,9). The van der Waals surface area contributed by atoms with E-state index in [1.807, 2.05) is 0 Å². The highest BCUT2D eigenvalue weighted by Crippen LogP contribution is 1.58. The molecule has 0 fully saturated rings. The molecule has 48 valence electrons. The molecule has 0 aromatic carbocycles. The van der Waals surface area contributed by atoms with Crippen molar-refractivity contribution in [2.24, 2.45) is 0 Å². The summed E-state index contributed by atoms with van der Waals surface area (Å²) in [6.07, 6.45) is 2.31. The molecule has 0 aromatic heterocycles. The molecular weight excluding hydrogens is 118 g/mol. The lowest BCUT2D eigenvalue weighted by Crippen LogP contribution is -2.24. The quantitative estimate of drug-likeness (QED) is 0.237. The topological polar surface area (TPSA) is 65.5 Å². The van der Waals surface area contributed by atoms with E-state index in [1.165, 1.54) is 6.08 Å². The summed E-state index contributed by atoms with van der Waals surface area (Å²) in [7, 11) is 0. The highest BCUT2D eigenvalue weighted by molar-refractivity contribution is 6.23. The van der Waals surface area contributed by atoms with Gasteiger partial charge >= 0.3 is 12.1 Å². The Morgan fingerprint density at radius 3 is 3.00 bits per heavy atom. The molecule has 1 amide bonds. The zero-order valence-corrected chi connectivity index (χ0v) is 4.87. The van der Waals surface area contributed by atoms with E-state index in [-0.39, 0.29) is 0 Å². The van der Waals surface area contributed by atoms with Crippen LogP contribution >= 0.6 is 0 Å². The van der Waals surface area contributed by atoms with Crippen molar-refractivity contribution < 1.29 is 9.58 Å². The van der Waals surface area contributed by atoms with Crippen molar-refractivity contribution in [3.05, 3.63) is 18.2 Å². The molecule has 9 heavy (non-hydrogen) atoms. The second kappa shape index (κ2) is 4.74. The maximum Gasteiger partial charge on any atom is 0.344 e. The number of nitrogens with zero attached hydrogens (tertiary/aromatic N) is 2. The summed E-state index contributed by atoms with van der Waals surface area (Å²) in [5, 5.41) is 2.37. The molecule has 0 heterocycles. The third-order valence-corrected chi connectivity index (χ3v) is 0.596. The fourth-order valence-corrected chi connectivity index (χ4v) is 0.271. The molecular formula is C5H7N3O. The van der Waals surface area contributed by atoms with Crippen molar-refractivity contribution in [1.82, 2.24) is 5.32 Å². The van der Waals surface area contributed by atoms with Crippen molar-refractivity contribution >= 4 is 12.1 Å². The van der Waals surface area contributed by atoms with Gasteiger partial charge in [0, 0.05) is 6.54 Å². The van der Waals surface area contributed by atoms with Gasteiger partial charge in [0.2, 0.25) is 0 Å². The molecule has 4 nitrogen and oxygen atoms in total. The summed E-state index contributed by atoms with van der Waals surface area (Å²) >= 11 is 0. The summed E-state index contributed by atoms with van der Waals surface area (Å²) in [5.41, 5.74) is 7.82. The number of carbonyl (C=O) groups is 1. The third-order valence-electron chi connectivity index (χ3n) is 0.596. The fraction of sp³-hybridized carbons (Fsp3) is 0.200. The van der Waals surface area contributed by atoms with Crippen LogP contribution in [0.1, 0.15) is 0 Å². The van der Waals surface area contributed by atoms with Crippen molar-refractivity contribution in [2.45, 2.75) is 0 Å². The molecule has 0 aliphatic heterocycles. The van der Waals surface area contributed by atoms with E-state index in [0.29, 0.717) is 6.54 Å². The first-order valence-corrected chi connectivity index (χ1v) is 2.37. The van der Waals surface area contributed by atoms with Gasteiger partial charge in [-0.05, 0) is 0 Å². The molecule has 0 unspecified atom stereocenters. The van der Waals surface area contributed by atoms with E-state index >= 15 is 0 Å². The highest BCUT2D eigenvalue weighted by atomic mass is 16.1. The minimum atomic E-state index is -0.433. The van der Waals surface area contributed by atoms with E-state index in [4.69, 9.17) is 5.53 Å². The van der Waals surface area contributed by atoms with Crippen molar-refractivity contribution in [3.63, 3.8) is 0 Å². The summed E-state index contributed by atoms with van der Waals surface area (Å²) < 4.78 is 0. The van der Waals surface area contributed by atoms with Crippen molar-refractivity contribution in [1.29, 1.82) is 0 Å². The Hall–Kier alpha value is -1.41. The van der Waals surface area contributed by atoms with Crippen LogP contribution < -0.4 is 5.32 Å². The molecule has 0 atom stereocenters. The van der Waals surface area contributed by atoms with Crippen LogP contribution in [0.25, 0.3) is 5.53 Å². The monoisotopic (exact) mass is 125 g/mol. The average molecular weight is 125 g/mol. The van der Waals surface area contributed by atoms with Gasteiger partial charge in [-0.2, -0.15) is 4.79 Å². The van der Waals surface area contributed by atoms with E-state index in [9.17, 15) is 4.79 Å². The van der Waals surface area contributed by atoms with Gasteiger partial charge in [-0.25, -0.2) is 0 Å². The normalized spacial score (nSPS) is 7.11. The fourth-order valence-electron chi connectivity index (χ4n) is 0.271. The van der Waals surface area contributed by atoms with Gasteiger partial charge < -0.3 is 10.8 Å². The van der Waals surface area contributed by atoms with E-state index in [1.54, 1.807) is 0 Å². The molecule has 0 bridgehead atoms. The smallest absolute Gasteiger partial charge is 0.344 e. The summed E-state index contributed by atoms with van der Waals surface area (Å²) in [4.78, 5) is 12.9. The van der Waals surface area contributed by atoms with E-state index in [0.717, 1.165) is 6.21 Å². The number of carbonyl (C=O) groups excluding carboxylic acids is 1. The van der Waals surface area contributed by atoms with Crippen molar-refractivity contribution in [2.75, 3.05) is 6.54 Å². The third kappa shape index (κ3) is 4.44. The van der Waals surface area contributed by atoms with Gasteiger partial charge in [0.15, 0.2) is 0 Å². The summed E-state index contributed by atoms with van der Waals surface area (Å²) in [6, 6.07) is 0. The lowest BCUT2D eigenvalue weighted by molar-refractivity contribution is -0.117. The lowest BCUT2D eigenvalue weighted by Gasteiger charge is -1.88. The number of rotatable bonds is 3. The predicted molar refractivity (Wildman–Crippen MR) is 32.9 cm³/mol. The van der Waals surface area contributed by atoms with Crippen LogP contribution in [0.2, 0.25) is 0 Å². The van der Waals surface area contributed by atoms with Crippen LogP contribution in [-0.4, -0.2) is 23.5 Å². The number of amides is 1. The van der Waals surface area contributed by atoms with Gasteiger partial charge in [-0.15, -0.1) is 6.58 Å². The Kier molecular flexibility index (Phi) is 4.00. The summed E-state index contributed by atoms with van der Waals surface area (Å²) in [5.74, 6) is -0.433. The first-order valence-electron chi connectivity index (χ1n) is 2.37. The van der Waals surface area contributed by atoms with Crippen LogP contribution in [0, 0.1) is 0 Å². The van der Waals surface area contributed by atoms with Crippen LogP contribution in [0.4, 0.5) is 0 Å². The summed E-state index contributed by atoms with van der Waals surface area (Å²) in [6.45, 7) is 3.75. The zero-order valence-electron chi connectivity index (χ0n) is 4.87. The van der Waals surface area contributed by atoms with Gasteiger partial charge in [0.1, 0.15) is 0 Å². The first-order chi connectivity index (χ1) is 4.31. The minimum Gasteiger partial charge on any atom is -0.361 e. The molecule has 0 aliphatic rings. The Morgan fingerprint density at radius 1 is 1.89 bits per heavy atom. The second-order valence-electron chi connectivity index (χ2n) is 1.28. The SMILES string of the molecule is C=CCNC(=O)C=[N+]=[N-]. The maximum atomic E-state index is 10.3. The molecule has 1 N–H and O–H groups in total. The van der Waals surface area contributed by atoms with Crippen LogP contribution in [0.3, 0.4) is 0 Å². The zero-order chi connectivity index (χ0) is 7.11. The Balaban J connectivity index is 3.50. The Bertz CT molecular complexity index is 158. The van der Waals surface area contributed by atoms with Crippen LogP contribution in [0.5, 0.6) is 0 Å². The highest BCUT2D eigenvalue weighted by Gasteiger charge is 1.95. The maximum absolute atomic E-state index is 10.3. The van der Waals surface area contributed by atoms with Gasteiger partial charge in [0.25, 0.3) is 0 Å².